The molecule has 1 aliphatic heterocycles. The molecule has 1 saturated heterocycles. The van der Waals surface area contributed by atoms with E-state index in [1.54, 1.807) is 30.3 Å². The number of carbonyl (C=O) groups is 2. The molecule has 2 amide bonds. The van der Waals surface area contributed by atoms with E-state index >= 15 is 0 Å². The Morgan fingerprint density at radius 2 is 1.86 bits per heavy atom. The molecule has 3 N–H and O–H groups in total. The zero-order chi connectivity index (χ0) is 26.6. The monoisotopic (exact) mass is 519 g/mol. The lowest BCUT2D eigenvalue weighted by Crippen LogP contribution is -2.44. The largest absolute Gasteiger partial charge is 0.435 e. The lowest BCUT2D eigenvalue weighted by atomic mass is 9.94. The van der Waals surface area contributed by atoms with Gasteiger partial charge in [0.2, 0.25) is 17.7 Å². The normalized spacial score (nSPS) is 18.1. The molecule has 3 heterocycles. The quantitative estimate of drug-likeness (QED) is 0.391. The predicted octanol–water partition coefficient (Wildman–Crippen LogP) is 2.98. The summed E-state index contributed by atoms with van der Waals surface area (Å²) in [6.07, 6.45) is -2.52. The molecule has 198 valence electrons. The Morgan fingerprint density at radius 3 is 2.49 bits per heavy atom. The van der Waals surface area contributed by atoms with Crippen molar-refractivity contribution in [2.24, 2.45) is 5.92 Å². The van der Waals surface area contributed by atoms with E-state index in [1.165, 1.54) is 0 Å². The van der Waals surface area contributed by atoms with E-state index in [4.69, 9.17) is 4.42 Å². The molecule has 0 bridgehead atoms. The second-order valence-corrected chi connectivity index (χ2v) is 9.08. The number of rotatable bonds is 8. The average molecular weight is 520 g/mol. The fourth-order valence-corrected chi connectivity index (χ4v) is 3.98. The minimum Gasteiger partial charge on any atom is -0.423 e. The van der Waals surface area contributed by atoms with Gasteiger partial charge in [0, 0.05) is 31.7 Å². The highest BCUT2D eigenvalue weighted by Crippen LogP contribution is 2.31. The van der Waals surface area contributed by atoms with Crippen molar-refractivity contribution in [3.8, 4) is 5.69 Å². The summed E-state index contributed by atoms with van der Waals surface area (Å²) >= 11 is 0. The summed E-state index contributed by atoms with van der Waals surface area (Å²) in [7, 11) is 0. The first kappa shape index (κ1) is 26.3. The van der Waals surface area contributed by atoms with Crippen molar-refractivity contribution in [2.75, 3.05) is 19.6 Å². The van der Waals surface area contributed by atoms with Gasteiger partial charge in [-0.2, -0.15) is 18.3 Å². The Balaban J connectivity index is 1.26. The molecular weight excluding hydrogens is 491 g/mol. The van der Waals surface area contributed by atoms with Gasteiger partial charge in [0.15, 0.2) is 5.69 Å². The minimum atomic E-state index is -4.80. The van der Waals surface area contributed by atoms with Crippen LogP contribution in [0, 0.1) is 5.92 Å². The van der Waals surface area contributed by atoms with E-state index in [2.05, 4.69) is 31.2 Å². The average Bonchev–Trinajstić information content (AvgIpc) is 3.55. The van der Waals surface area contributed by atoms with Crippen LogP contribution in [0.3, 0.4) is 0 Å². The van der Waals surface area contributed by atoms with Crippen LogP contribution in [-0.4, -0.2) is 51.4 Å². The summed E-state index contributed by atoms with van der Waals surface area (Å²) in [5.74, 6) is -0.232. The zero-order valence-corrected chi connectivity index (χ0v) is 20.4. The fraction of sp³-hybridized carbons (Fsp3) is 0.458. The van der Waals surface area contributed by atoms with E-state index in [1.807, 2.05) is 13.8 Å². The third-order valence-corrected chi connectivity index (χ3v) is 5.99. The SMILES string of the molecule is CC(C)c1nnc(C2CCC(C(=O)NCCNC(=O)c3cn(-c4ccccc4)nc3C(F)(F)F)CN2)o1. The number of amides is 2. The molecule has 2 atom stereocenters. The molecular formula is C24H28F3N7O3. The topological polar surface area (TPSA) is 127 Å². The van der Waals surface area contributed by atoms with Crippen LogP contribution in [0.4, 0.5) is 13.2 Å². The van der Waals surface area contributed by atoms with Gasteiger partial charge in [-0.3, -0.25) is 9.59 Å². The molecule has 10 nitrogen and oxygen atoms in total. The molecule has 37 heavy (non-hydrogen) atoms. The number of benzene rings is 1. The molecule has 1 aliphatic rings. The van der Waals surface area contributed by atoms with E-state index < -0.39 is 23.3 Å². The Bertz CT molecular complexity index is 1220. The van der Waals surface area contributed by atoms with Crippen molar-refractivity contribution in [2.45, 2.75) is 44.8 Å². The number of halogens is 3. The van der Waals surface area contributed by atoms with Gasteiger partial charge in [0.05, 0.1) is 23.2 Å². The van der Waals surface area contributed by atoms with Gasteiger partial charge in [-0.25, -0.2) is 4.68 Å². The molecule has 0 saturated carbocycles. The molecule has 2 aromatic heterocycles. The molecule has 2 unspecified atom stereocenters. The Morgan fingerprint density at radius 1 is 1.14 bits per heavy atom. The molecule has 1 fully saturated rings. The van der Waals surface area contributed by atoms with Gasteiger partial charge >= 0.3 is 6.18 Å². The highest BCUT2D eigenvalue weighted by atomic mass is 19.4. The standard InChI is InChI=1S/C24H28F3N7O3/c1-14(2)22-31-32-23(37-22)18-9-8-15(12-30-18)20(35)28-10-11-29-21(36)17-13-34(16-6-4-3-5-7-16)33-19(17)24(25,26)27/h3-7,13-15,18,30H,8-12H2,1-2H3,(H,28,35)(H,29,36). The smallest absolute Gasteiger partial charge is 0.423 e. The van der Waals surface area contributed by atoms with Crippen LogP contribution in [0.2, 0.25) is 0 Å². The summed E-state index contributed by atoms with van der Waals surface area (Å²) < 4.78 is 47.1. The van der Waals surface area contributed by atoms with E-state index in [9.17, 15) is 22.8 Å². The van der Waals surface area contributed by atoms with Crippen LogP contribution in [-0.2, 0) is 11.0 Å². The first-order valence-corrected chi connectivity index (χ1v) is 12.0. The van der Waals surface area contributed by atoms with Gasteiger partial charge in [-0.15, -0.1) is 10.2 Å². The van der Waals surface area contributed by atoms with Gasteiger partial charge in [0.25, 0.3) is 5.91 Å². The molecule has 0 radical (unpaired) electrons. The first-order valence-electron chi connectivity index (χ1n) is 12.0. The van der Waals surface area contributed by atoms with Gasteiger partial charge in [-0.05, 0) is 25.0 Å². The van der Waals surface area contributed by atoms with Gasteiger partial charge in [-0.1, -0.05) is 32.0 Å². The van der Waals surface area contributed by atoms with E-state index in [0.717, 1.165) is 10.9 Å². The number of hydrogen-bond acceptors (Lipinski definition) is 7. The molecule has 0 aliphatic carbocycles. The summed E-state index contributed by atoms with van der Waals surface area (Å²) in [6, 6.07) is 8.07. The van der Waals surface area contributed by atoms with Crippen LogP contribution >= 0.6 is 0 Å². The number of nitrogens with zero attached hydrogens (tertiary/aromatic N) is 4. The Hall–Kier alpha value is -3.74. The molecule has 1 aromatic carbocycles. The number of alkyl halides is 3. The summed E-state index contributed by atoms with van der Waals surface area (Å²) in [4.78, 5) is 25.0. The molecule has 0 spiro atoms. The van der Waals surface area contributed by atoms with Crippen LogP contribution in [0.25, 0.3) is 5.69 Å². The number of piperidine rings is 1. The maximum absolute atomic E-state index is 13.5. The summed E-state index contributed by atoms with van der Waals surface area (Å²) in [6.45, 7) is 4.36. The van der Waals surface area contributed by atoms with Crippen LogP contribution in [0.15, 0.2) is 40.9 Å². The third kappa shape index (κ3) is 6.34. The maximum atomic E-state index is 13.5. The zero-order valence-electron chi connectivity index (χ0n) is 20.4. The number of nitrogens with one attached hydrogen (secondary N) is 3. The van der Waals surface area contributed by atoms with Crippen molar-refractivity contribution in [1.29, 1.82) is 0 Å². The predicted molar refractivity (Wildman–Crippen MR) is 126 cm³/mol. The fourth-order valence-electron chi connectivity index (χ4n) is 3.98. The summed E-state index contributed by atoms with van der Waals surface area (Å²) in [5.41, 5.74) is -1.48. The maximum Gasteiger partial charge on any atom is 0.435 e. The summed E-state index contributed by atoms with van der Waals surface area (Å²) in [5, 5.41) is 20.1. The van der Waals surface area contributed by atoms with Gasteiger partial charge in [0.1, 0.15) is 0 Å². The van der Waals surface area contributed by atoms with Crippen LogP contribution < -0.4 is 16.0 Å². The van der Waals surface area contributed by atoms with E-state index in [0.29, 0.717) is 36.9 Å². The molecule has 4 rings (SSSR count). The van der Waals surface area contributed by atoms with Crippen molar-refractivity contribution in [3.05, 3.63) is 59.6 Å². The van der Waals surface area contributed by atoms with Crippen molar-refractivity contribution in [3.63, 3.8) is 0 Å². The highest BCUT2D eigenvalue weighted by Gasteiger charge is 2.39. The van der Waals surface area contributed by atoms with E-state index in [-0.39, 0.29) is 36.9 Å². The molecule has 13 heteroatoms. The number of aromatic nitrogens is 4. The second kappa shape index (κ2) is 11.1. The third-order valence-electron chi connectivity index (χ3n) is 5.99. The van der Waals surface area contributed by atoms with Crippen LogP contribution in [0.5, 0.6) is 0 Å². The molecule has 3 aromatic rings. The number of hydrogen-bond donors (Lipinski definition) is 3. The first-order chi connectivity index (χ1) is 17.6. The van der Waals surface area contributed by atoms with Crippen molar-refractivity contribution >= 4 is 11.8 Å². The minimum absolute atomic E-state index is 0.0406. The van der Waals surface area contributed by atoms with Crippen molar-refractivity contribution < 1.29 is 27.2 Å². The Labute approximate surface area is 211 Å². The highest BCUT2D eigenvalue weighted by molar-refractivity contribution is 5.95. The lowest BCUT2D eigenvalue weighted by molar-refractivity contribution is -0.141. The van der Waals surface area contributed by atoms with Crippen molar-refractivity contribution in [1.82, 2.24) is 35.9 Å². The lowest BCUT2D eigenvalue weighted by Gasteiger charge is -2.27. The number of para-hydroxylation sites is 1. The Kier molecular flexibility index (Phi) is 7.91. The second-order valence-electron chi connectivity index (χ2n) is 9.08. The number of carbonyl (C=O) groups excluding carboxylic acids is 2. The van der Waals surface area contributed by atoms with Crippen LogP contribution in [0.1, 0.15) is 66.5 Å². The van der Waals surface area contributed by atoms with Gasteiger partial charge < -0.3 is 20.4 Å².